The zero-order valence-electron chi connectivity index (χ0n) is 26.5. The topological polar surface area (TPSA) is 93.8 Å². The summed E-state index contributed by atoms with van der Waals surface area (Å²) in [5, 5.41) is 1.05. The van der Waals surface area contributed by atoms with E-state index in [-0.39, 0.29) is 0 Å². The lowest BCUT2D eigenvalue weighted by atomic mass is 10.0. The summed E-state index contributed by atoms with van der Waals surface area (Å²) in [5.41, 5.74) is 4.71. The summed E-state index contributed by atoms with van der Waals surface area (Å²) >= 11 is 1.46. The summed E-state index contributed by atoms with van der Waals surface area (Å²) in [7, 11) is 3.33. The van der Waals surface area contributed by atoms with Crippen LogP contribution in [-0.2, 0) is 13.1 Å². The van der Waals surface area contributed by atoms with Crippen LogP contribution in [0.1, 0.15) is 35.6 Å². The molecule has 0 amide bonds. The smallest absolute Gasteiger partial charge is 0.349 e. The summed E-state index contributed by atoms with van der Waals surface area (Å²) in [6, 6.07) is 20.4. The fourth-order valence-corrected chi connectivity index (χ4v) is 6.00. The van der Waals surface area contributed by atoms with Crippen molar-refractivity contribution in [3.05, 3.63) is 93.3 Å². The Morgan fingerprint density at radius 1 is 0.933 bits per heavy atom. The van der Waals surface area contributed by atoms with E-state index < -0.39 is 5.63 Å². The predicted octanol–water partition coefficient (Wildman–Crippen LogP) is 6.81. The van der Waals surface area contributed by atoms with Crippen LogP contribution in [0, 0.1) is 13.8 Å². The van der Waals surface area contributed by atoms with Gasteiger partial charge in [-0.3, -0.25) is 0 Å². The van der Waals surface area contributed by atoms with E-state index in [1.807, 2.05) is 50.4 Å². The molecular weight excluding hydrogens is 586 g/mol. The molecule has 232 valence electrons. The van der Waals surface area contributed by atoms with Gasteiger partial charge >= 0.3 is 5.63 Å². The maximum absolute atomic E-state index is 13.6. The van der Waals surface area contributed by atoms with Crippen LogP contribution in [0.5, 0.6) is 11.5 Å². The van der Waals surface area contributed by atoms with Gasteiger partial charge in [0.2, 0.25) is 0 Å². The lowest BCUT2D eigenvalue weighted by Gasteiger charge is -2.40. The number of rotatable bonds is 10. The summed E-state index contributed by atoms with van der Waals surface area (Å²) < 4.78 is 16.8. The molecule has 0 unspecified atom stereocenters. The van der Waals surface area contributed by atoms with Crippen LogP contribution in [-0.4, -0.2) is 48.0 Å². The summed E-state index contributed by atoms with van der Waals surface area (Å²) in [6.07, 6.45) is 3.00. The molecule has 0 radical (unpaired) electrons. The van der Waals surface area contributed by atoms with Gasteiger partial charge in [0.15, 0.2) is 10.9 Å². The first-order valence-corrected chi connectivity index (χ1v) is 16.2. The molecule has 4 heterocycles. The third kappa shape index (κ3) is 6.20. The molecule has 0 bridgehead atoms. The van der Waals surface area contributed by atoms with E-state index in [2.05, 4.69) is 47.1 Å². The van der Waals surface area contributed by atoms with Gasteiger partial charge in [-0.05, 0) is 86.5 Å². The number of benzene rings is 2. The maximum Gasteiger partial charge on any atom is 0.349 e. The molecule has 1 atom stereocenters. The lowest BCUT2D eigenvalue weighted by Crippen LogP contribution is -2.46. The van der Waals surface area contributed by atoms with E-state index in [0.717, 1.165) is 52.5 Å². The van der Waals surface area contributed by atoms with Crippen LogP contribution in [0.3, 0.4) is 0 Å². The monoisotopic (exact) mass is 623 g/mol. The highest BCUT2D eigenvalue weighted by molar-refractivity contribution is 7.98. The molecule has 0 N–H and O–H groups in total. The number of pyridine rings is 1. The number of fused-ring (bicyclic) bond motifs is 1. The van der Waals surface area contributed by atoms with Crippen LogP contribution >= 0.6 is 11.8 Å². The Morgan fingerprint density at radius 2 is 1.56 bits per heavy atom. The predicted molar refractivity (Wildman–Crippen MR) is 180 cm³/mol. The average Bonchev–Trinajstić information content (AvgIpc) is 3.05. The van der Waals surface area contributed by atoms with Crippen molar-refractivity contribution in [1.82, 2.24) is 15.0 Å². The zero-order valence-corrected chi connectivity index (χ0v) is 27.3. The second kappa shape index (κ2) is 12.8. The molecule has 6 rings (SSSR count). The quantitative estimate of drug-likeness (QED) is 0.122. The van der Waals surface area contributed by atoms with Gasteiger partial charge in [0, 0.05) is 31.2 Å². The molecule has 45 heavy (non-hydrogen) atoms. The minimum absolute atomic E-state index is 0.306. The van der Waals surface area contributed by atoms with Crippen LogP contribution in [0.2, 0.25) is 0 Å². The van der Waals surface area contributed by atoms with Gasteiger partial charge < -0.3 is 23.7 Å². The first-order valence-electron chi connectivity index (χ1n) is 14.9. The fraction of sp³-hybridized carbons (Fsp3) is 0.314. The van der Waals surface area contributed by atoms with Crippen molar-refractivity contribution in [3.8, 4) is 23.0 Å². The lowest BCUT2D eigenvalue weighted by molar-refractivity contribution is 0.414. The number of thioether (sulfide) groups is 1. The number of anilines is 2. The van der Waals surface area contributed by atoms with Crippen LogP contribution in [0.25, 0.3) is 22.4 Å². The number of aromatic nitrogens is 3. The third-order valence-corrected chi connectivity index (χ3v) is 8.86. The Balaban J connectivity index is 1.45. The van der Waals surface area contributed by atoms with E-state index in [1.165, 1.54) is 11.8 Å². The average molecular weight is 624 g/mol. The number of methoxy groups -OCH3 is 2. The minimum Gasteiger partial charge on any atom is -0.497 e. The van der Waals surface area contributed by atoms with Gasteiger partial charge in [-0.2, -0.15) is 0 Å². The highest BCUT2D eigenvalue weighted by atomic mass is 32.2. The second-order valence-corrected chi connectivity index (χ2v) is 12.1. The summed E-state index contributed by atoms with van der Waals surface area (Å²) in [5.74, 6) is 3.44. The Hall–Kier alpha value is -4.57. The van der Waals surface area contributed by atoms with Crippen molar-refractivity contribution in [1.29, 1.82) is 0 Å². The van der Waals surface area contributed by atoms with Gasteiger partial charge in [0.05, 0.1) is 19.7 Å². The number of nitrogens with zero attached hydrogens (tertiary/aromatic N) is 5. The molecule has 0 aliphatic carbocycles. The molecule has 1 aliphatic rings. The van der Waals surface area contributed by atoms with Crippen molar-refractivity contribution < 1.29 is 13.9 Å². The third-order valence-electron chi connectivity index (χ3n) is 8.32. The van der Waals surface area contributed by atoms with Crippen molar-refractivity contribution in [2.75, 3.05) is 36.8 Å². The molecule has 2 aromatic carbocycles. The molecule has 1 fully saturated rings. The summed E-state index contributed by atoms with van der Waals surface area (Å²) in [4.78, 5) is 32.6. The maximum atomic E-state index is 13.6. The van der Waals surface area contributed by atoms with Gasteiger partial charge in [-0.25, -0.2) is 19.7 Å². The largest absolute Gasteiger partial charge is 0.497 e. The first kappa shape index (κ1) is 30.5. The highest BCUT2D eigenvalue weighted by Gasteiger charge is 2.30. The Kier molecular flexibility index (Phi) is 8.67. The highest BCUT2D eigenvalue weighted by Crippen LogP contribution is 2.35. The number of hydrogen-bond donors (Lipinski definition) is 0. The molecular formula is C35H37N5O4S. The molecule has 9 nitrogen and oxygen atoms in total. The zero-order chi connectivity index (χ0) is 31.7. The van der Waals surface area contributed by atoms with E-state index in [4.69, 9.17) is 28.8 Å². The van der Waals surface area contributed by atoms with E-state index >= 15 is 0 Å². The number of hydrogen-bond acceptors (Lipinski definition) is 10. The normalized spacial score (nSPS) is 14.4. The van der Waals surface area contributed by atoms with Gasteiger partial charge in [-0.15, -0.1) is 0 Å². The minimum atomic E-state index is -0.453. The van der Waals surface area contributed by atoms with Gasteiger partial charge in [-0.1, -0.05) is 36.0 Å². The van der Waals surface area contributed by atoms with Crippen molar-refractivity contribution in [2.24, 2.45) is 0 Å². The van der Waals surface area contributed by atoms with E-state index in [1.54, 1.807) is 14.2 Å². The molecule has 0 spiro atoms. The Morgan fingerprint density at radius 3 is 2.07 bits per heavy atom. The molecule has 1 saturated heterocycles. The van der Waals surface area contributed by atoms with Crippen molar-refractivity contribution in [3.63, 3.8) is 0 Å². The molecule has 1 aliphatic heterocycles. The van der Waals surface area contributed by atoms with Crippen molar-refractivity contribution >= 4 is 34.3 Å². The molecule has 10 heteroatoms. The van der Waals surface area contributed by atoms with E-state index in [9.17, 15) is 4.79 Å². The fourth-order valence-electron chi connectivity index (χ4n) is 5.64. The standard InChI is InChI=1S/C35H37N5O4S/c1-21-17-28(32-23(3)31-30(34(41)44-32)33(38-35(37-31)45-6)40-16-15-22(40)2)36-29(18-21)39(19-24-7-11-26(42-4)12-8-24)20-25-9-13-27(43-5)14-10-25/h7-14,17-18,22H,15-16,19-20H2,1-6H3/t22-/m1/s1. The SMILES string of the molecule is COc1ccc(CN(Cc2ccc(OC)cc2)c2cc(C)cc(-c3oc(=O)c4c(N5CC[C@H]5C)nc(SC)nc4c3C)n2)cc1. The number of aryl methyl sites for hydroxylation is 2. The van der Waals surface area contributed by atoms with Gasteiger partial charge in [0.1, 0.15) is 34.2 Å². The van der Waals surface area contributed by atoms with E-state index in [0.29, 0.717) is 52.5 Å². The van der Waals surface area contributed by atoms with Crippen LogP contribution in [0.15, 0.2) is 75.0 Å². The number of ether oxygens (including phenoxy) is 2. The first-order chi connectivity index (χ1) is 21.8. The summed E-state index contributed by atoms with van der Waals surface area (Å²) in [6.45, 7) is 8.17. The molecule has 5 aromatic rings. The second-order valence-electron chi connectivity index (χ2n) is 11.4. The van der Waals surface area contributed by atoms with Crippen LogP contribution in [0.4, 0.5) is 11.6 Å². The molecule has 0 saturated carbocycles. The molecule has 3 aromatic heterocycles. The Labute approximate surface area is 267 Å². The van der Waals surface area contributed by atoms with Crippen LogP contribution < -0.4 is 24.9 Å². The Bertz CT molecular complexity index is 1840. The van der Waals surface area contributed by atoms with Crippen molar-refractivity contribution in [2.45, 2.75) is 51.5 Å². The van der Waals surface area contributed by atoms with Gasteiger partial charge in [0.25, 0.3) is 0 Å².